The van der Waals surface area contributed by atoms with E-state index in [1.807, 2.05) is 12.1 Å². The fraction of sp³-hybridized carbons (Fsp3) is 0.542. The number of hydrogen-bond acceptors (Lipinski definition) is 4. The van der Waals surface area contributed by atoms with E-state index >= 15 is 0 Å². The van der Waals surface area contributed by atoms with Gasteiger partial charge in [-0.15, -0.1) is 10.2 Å². The lowest BCUT2D eigenvalue weighted by atomic mass is 9.93. The van der Waals surface area contributed by atoms with Crippen LogP contribution in [-0.2, 0) is 4.79 Å². The van der Waals surface area contributed by atoms with Gasteiger partial charge in [0.2, 0.25) is 5.91 Å². The normalized spacial score (nSPS) is 20.7. The van der Waals surface area contributed by atoms with Gasteiger partial charge in [-0.2, -0.15) is 0 Å². The monoisotopic (exact) mass is 392 g/mol. The van der Waals surface area contributed by atoms with Crippen LogP contribution in [0.1, 0.15) is 43.7 Å². The molecule has 2 fully saturated rings. The van der Waals surface area contributed by atoms with Crippen LogP contribution in [0.3, 0.4) is 0 Å². The summed E-state index contributed by atoms with van der Waals surface area (Å²) in [5.74, 6) is 2.04. The first-order valence-corrected chi connectivity index (χ1v) is 11.0. The highest BCUT2D eigenvalue weighted by Crippen LogP contribution is 2.26. The topological polar surface area (TPSA) is 49.3 Å². The minimum Gasteiger partial charge on any atom is -0.354 e. The first kappa shape index (κ1) is 19.9. The van der Waals surface area contributed by atoms with Crippen molar-refractivity contribution in [1.29, 1.82) is 0 Å². The van der Waals surface area contributed by atoms with Crippen molar-refractivity contribution in [2.45, 2.75) is 46.5 Å². The summed E-state index contributed by atoms with van der Waals surface area (Å²) in [4.78, 5) is 17.3. The third-order valence-electron chi connectivity index (χ3n) is 6.64. The van der Waals surface area contributed by atoms with Gasteiger partial charge in [0.1, 0.15) is 0 Å². The van der Waals surface area contributed by atoms with Crippen LogP contribution in [0, 0.1) is 25.7 Å². The molecule has 0 bridgehead atoms. The van der Waals surface area contributed by atoms with Crippen LogP contribution in [0.2, 0.25) is 0 Å². The maximum absolute atomic E-state index is 13.0. The number of anilines is 1. The second-order valence-corrected chi connectivity index (χ2v) is 8.87. The number of carbonyl (C=O) groups excluding carboxylic acids is 1. The second-order valence-electron chi connectivity index (χ2n) is 8.87. The van der Waals surface area contributed by atoms with Gasteiger partial charge in [0.15, 0.2) is 5.82 Å². The van der Waals surface area contributed by atoms with E-state index in [4.69, 9.17) is 0 Å². The van der Waals surface area contributed by atoms with Crippen molar-refractivity contribution in [3.63, 3.8) is 0 Å². The van der Waals surface area contributed by atoms with Crippen molar-refractivity contribution >= 4 is 11.7 Å². The van der Waals surface area contributed by atoms with Gasteiger partial charge in [0.05, 0.1) is 11.6 Å². The van der Waals surface area contributed by atoms with Crippen LogP contribution < -0.4 is 4.90 Å². The molecule has 5 heteroatoms. The van der Waals surface area contributed by atoms with Crippen LogP contribution >= 0.6 is 0 Å². The summed E-state index contributed by atoms with van der Waals surface area (Å²) in [5, 5.41) is 8.97. The van der Waals surface area contributed by atoms with Crippen LogP contribution in [0.25, 0.3) is 11.3 Å². The van der Waals surface area contributed by atoms with E-state index in [1.54, 1.807) is 0 Å². The van der Waals surface area contributed by atoms with E-state index < -0.39 is 0 Å². The maximum Gasteiger partial charge on any atom is 0.227 e. The molecule has 0 N–H and O–H groups in total. The Morgan fingerprint density at radius 1 is 0.966 bits per heavy atom. The molecular formula is C24H32N4O. The third-order valence-corrected chi connectivity index (χ3v) is 6.64. The van der Waals surface area contributed by atoms with Crippen molar-refractivity contribution < 1.29 is 4.79 Å². The molecule has 0 saturated carbocycles. The van der Waals surface area contributed by atoms with Gasteiger partial charge in [0, 0.05) is 31.7 Å². The van der Waals surface area contributed by atoms with Crippen LogP contribution in [-0.4, -0.2) is 47.2 Å². The summed E-state index contributed by atoms with van der Waals surface area (Å²) < 4.78 is 0. The molecule has 1 amide bonds. The number of rotatable bonds is 3. The predicted octanol–water partition coefficient (Wildman–Crippen LogP) is 4.24. The zero-order valence-electron chi connectivity index (χ0n) is 17.9. The zero-order chi connectivity index (χ0) is 20.4. The summed E-state index contributed by atoms with van der Waals surface area (Å²) >= 11 is 0. The number of likely N-dealkylation sites (tertiary alicyclic amines) is 1. The van der Waals surface area contributed by atoms with Crippen molar-refractivity contribution in [2.24, 2.45) is 11.8 Å². The number of benzene rings is 1. The standard InChI is InChI=1S/C24H32N4O/c1-17-10-13-27(14-11-17)24(29)21-5-4-12-28(16-21)23-9-8-22(25-26-23)20-7-6-18(2)19(3)15-20/h6-9,15,17,21H,4-5,10-14,16H2,1-3H3/t21-/m0/s1. The van der Waals surface area contributed by atoms with Gasteiger partial charge in [-0.25, -0.2) is 0 Å². The summed E-state index contributed by atoms with van der Waals surface area (Å²) in [6.45, 7) is 10.0. The molecule has 1 atom stereocenters. The Bertz CT molecular complexity index is 856. The number of piperidine rings is 2. The number of aromatic nitrogens is 2. The van der Waals surface area contributed by atoms with E-state index in [-0.39, 0.29) is 5.92 Å². The van der Waals surface area contributed by atoms with E-state index in [0.29, 0.717) is 5.91 Å². The van der Waals surface area contributed by atoms with Crippen molar-refractivity contribution in [1.82, 2.24) is 15.1 Å². The highest BCUT2D eigenvalue weighted by atomic mass is 16.2. The molecule has 2 aliphatic heterocycles. The molecule has 1 aromatic carbocycles. The third kappa shape index (κ3) is 4.44. The minimum absolute atomic E-state index is 0.0818. The van der Waals surface area contributed by atoms with Crippen LogP contribution in [0.5, 0.6) is 0 Å². The Balaban J connectivity index is 1.43. The first-order valence-electron chi connectivity index (χ1n) is 11.0. The van der Waals surface area contributed by atoms with E-state index in [0.717, 1.165) is 74.9 Å². The van der Waals surface area contributed by atoms with E-state index in [2.05, 4.69) is 59.0 Å². The summed E-state index contributed by atoms with van der Waals surface area (Å²) in [6, 6.07) is 10.5. The van der Waals surface area contributed by atoms with Gasteiger partial charge in [0.25, 0.3) is 0 Å². The molecule has 2 saturated heterocycles. The average molecular weight is 393 g/mol. The fourth-order valence-electron chi connectivity index (χ4n) is 4.42. The Labute approximate surface area is 174 Å². The van der Waals surface area contributed by atoms with E-state index in [1.165, 1.54) is 11.1 Å². The SMILES string of the molecule is Cc1ccc(-c2ccc(N3CCC[C@H](C(=O)N4CCC(C)CC4)C3)nn2)cc1C. The Morgan fingerprint density at radius 3 is 2.45 bits per heavy atom. The molecule has 0 unspecified atom stereocenters. The Hall–Kier alpha value is -2.43. The molecule has 2 aliphatic rings. The highest BCUT2D eigenvalue weighted by molar-refractivity contribution is 5.80. The first-order chi connectivity index (χ1) is 14.0. The molecule has 2 aromatic rings. The van der Waals surface area contributed by atoms with Crippen LogP contribution in [0.4, 0.5) is 5.82 Å². The molecule has 154 valence electrons. The number of hydrogen-bond donors (Lipinski definition) is 0. The maximum atomic E-state index is 13.0. The van der Waals surface area contributed by atoms with Gasteiger partial charge in [-0.1, -0.05) is 19.1 Å². The van der Waals surface area contributed by atoms with Crippen molar-refractivity contribution in [3.8, 4) is 11.3 Å². The predicted molar refractivity (Wildman–Crippen MR) is 117 cm³/mol. The second kappa shape index (κ2) is 8.52. The zero-order valence-corrected chi connectivity index (χ0v) is 17.9. The summed E-state index contributed by atoms with van der Waals surface area (Å²) in [7, 11) is 0. The molecule has 0 spiro atoms. The number of nitrogens with zero attached hydrogens (tertiary/aromatic N) is 4. The van der Waals surface area contributed by atoms with Crippen LogP contribution in [0.15, 0.2) is 30.3 Å². The lowest BCUT2D eigenvalue weighted by Gasteiger charge is -2.37. The lowest BCUT2D eigenvalue weighted by Crippen LogP contribution is -2.47. The molecule has 5 nitrogen and oxygen atoms in total. The van der Waals surface area contributed by atoms with Crippen molar-refractivity contribution in [3.05, 3.63) is 41.5 Å². The fourth-order valence-corrected chi connectivity index (χ4v) is 4.42. The molecule has 4 rings (SSSR count). The molecule has 3 heterocycles. The number of aryl methyl sites for hydroxylation is 2. The summed E-state index contributed by atoms with van der Waals surface area (Å²) in [5.41, 5.74) is 4.53. The van der Waals surface area contributed by atoms with Gasteiger partial charge in [-0.05, 0) is 74.8 Å². The molecule has 0 radical (unpaired) electrons. The van der Waals surface area contributed by atoms with Gasteiger partial charge >= 0.3 is 0 Å². The smallest absolute Gasteiger partial charge is 0.227 e. The number of amides is 1. The van der Waals surface area contributed by atoms with Crippen molar-refractivity contribution in [2.75, 3.05) is 31.1 Å². The van der Waals surface area contributed by atoms with Gasteiger partial charge in [-0.3, -0.25) is 4.79 Å². The highest BCUT2D eigenvalue weighted by Gasteiger charge is 2.31. The van der Waals surface area contributed by atoms with Gasteiger partial charge < -0.3 is 9.80 Å². The molecule has 29 heavy (non-hydrogen) atoms. The minimum atomic E-state index is 0.0818. The molecule has 0 aliphatic carbocycles. The molecular weight excluding hydrogens is 360 g/mol. The Kier molecular flexibility index (Phi) is 5.84. The summed E-state index contributed by atoms with van der Waals surface area (Å²) in [6.07, 6.45) is 4.28. The lowest BCUT2D eigenvalue weighted by molar-refractivity contribution is -0.137. The largest absolute Gasteiger partial charge is 0.354 e. The van der Waals surface area contributed by atoms with E-state index in [9.17, 15) is 4.79 Å². The molecule has 1 aromatic heterocycles. The Morgan fingerprint density at radius 2 is 1.76 bits per heavy atom. The number of carbonyl (C=O) groups is 1. The average Bonchev–Trinajstić information content (AvgIpc) is 2.76. The quantitative estimate of drug-likeness (QED) is 0.784.